The van der Waals surface area contributed by atoms with Crippen molar-refractivity contribution < 1.29 is 9.84 Å². The Morgan fingerprint density at radius 2 is 2.31 bits per heavy atom. The van der Waals surface area contributed by atoms with Gasteiger partial charge in [-0.2, -0.15) is 0 Å². The van der Waals surface area contributed by atoms with Gasteiger partial charge in [0.05, 0.1) is 12.3 Å². The van der Waals surface area contributed by atoms with Gasteiger partial charge in [0.15, 0.2) is 0 Å². The molecule has 0 aliphatic heterocycles. The smallest absolute Gasteiger partial charge is 0.143 e. The summed E-state index contributed by atoms with van der Waals surface area (Å²) >= 11 is 0. The fraction of sp³-hybridized carbons (Fsp3) is 0.300. The number of tetrazole rings is 1. The Morgan fingerprint density at radius 1 is 1.38 bits per heavy atom. The van der Waals surface area contributed by atoms with Gasteiger partial charge in [-0.25, -0.2) is 4.68 Å². The molecule has 2 aromatic rings. The normalized spacial score (nSPS) is 10.3. The first-order chi connectivity index (χ1) is 7.90. The van der Waals surface area contributed by atoms with Gasteiger partial charge in [-0.3, -0.25) is 0 Å². The molecule has 6 heteroatoms. The van der Waals surface area contributed by atoms with Gasteiger partial charge in [0.1, 0.15) is 12.1 Å². The molecule has 1 N–H and O–H groups in total. The summed E-state index contributed by atoms with van der Waals surface area (Å²) < 4.78 is 7.00. The minimum atomic E-state index is 0.132. The molecule has 1 aromatic carbocycles. The summed E-state index contributed by atoms with van der Waals surface area (Å²) in [5, 5.41) is 19.5. The van der Waals surface area contributed by atoms with Crippen LogP contribution in [0.25, 0.3) is 5.69 Å². The second-order valence-electron chi connectivity index (χ2n) is 3.18. The second-order valence-corrected chi connectivity index (χ2v) is 3.18. The molecular formula is C10H12N4O2. The van der Waals surface area contributed by atoms with Crippen LogP contribution in [0.3, 0.4) is 0 Å². The van der Waals surface area contributed by atoms with Gasteiger partial charge in [-0.05, 0) is 22.6 Å². The van der Waals surface area contributed by atoms with Crippen molar-refractivity contribution >= 4 is 0 Å². The van der Waals surface area contributed by atoms with E-state index < -0.39 is 0 Å². The highest BCUT2D eigenvalue weighted by Gasteiger charge is 2.00. The summed E-state index contributed by atoms with van der Waals surface area (Å²) in [5.74, 6) is 0.737. The van der Waals surface area contributed by atoms with E-state index in [1.165, 1.54) is 6.33 Å². The molecule has 0 radical (unpaired) electrons. The number of aliphatic hydroxyl groups is 1. The van der Waals surface area contributed by atoms with Crippen LogP contribution in [-0.4, -0.2) is 38.5 Å². The average Bonchev–Trinajstić information content (AvgIpc) is 2.83. The zero-order valence-corrected chi connectivity index (χ0v) is 8.65. The van der Waals surface area contributed by atoms with Crippen molar-refractivity contribution in [2.75, 3.05) is 13.2 Å². The maximum absolute atomic E-state index is 8.64. The number of ether oxygens (including phenoxy) is 1. The average molecular weight is 220 g/mol. The summed E-state index contributed by atoms with van der Waals surface area (Å²) in [5.41, 5.74) is 0.839. The van der Waals surface area contributed by atoms with Crippen LogP contribution < -0.4 is 4.74 Å². The minimum absolute atomic E-state index is 0.132. The molecule has 0 amide bonds. The first-order valence-electron chi connectivity index (χ1n) is 4.97. The first kappa shape index (κ1) is 10.6. The molecule has 0 bridgehead atoms. The van der Waals surface area contributed by atoms with Crippen molar-refractivity contribution in [3.63, 3.8) is 0 Å². The largest absolute Gasteiger partial charge is 0.493 e. The van der Waals surface area contributed by atoms with E-state index in [0.29, 0.717) is 13.0 Å². The van der Waals surface area contributed by atoms with E-state index in [-0.39, 0.29) is 6.61 Å². The van der Waals surface area contributed by atoms with Crippen LogP contribution in [0.4, 0.5) is 0 Å². The zero-order valence-electron chi connectivity index (χ0n) is 8.65. The molecule has 84 valence electrons. The predicted molar refractivity (Wildman–Crippen MR) is 56.4 cm³/mol. The minimum Gasteiger partial charge on any atom is -0.493 e. The van der Waals surface area contributed by atoms with Gasteiger partial charge in [-0.15, -0.1) is 5.10 Å². The van der Waals surface area contributed by atoms with Crippen molar-refractivity contribution in [3.8, 4) is 11.4 Å². The topological polar surface area (TPSA) is 73.1 Å². The lowest BCUT2D eigenvalue weighted by molar-refractivity contribution is 0.233. The van der Waals surface area contributed by atoms with E-state index >= 15 is 0 Å². The third-order valence-electron chi connectivity index (χ3n) is 2.00. The molecule has 1 heterocycles. The van der Waals surface area contributed by atoms with Crippen LogP contribution in [0.2, 0.25) is 0 Å². The summed E-state index contributed by atoms with van der Waals surface area (Å²) in [4.78, 5) is 0. The van der Waals surface area contributed by atoms with Crippen LogP contribution in [0.15, 0.2) is 30.6 Å². The highest BCUT2D eigenvalue weighted by atomic mass is 16.5. The van der Waals surface area contributed by atoms with Crippen LogP contribution in [0.5, 0.6) is 5.75 Å². The molecule has 2 rings (SSSR count). The molecule has 0 unspecified atom stereocenters. The Bertz CT molecular complexity index is 430. The van der Waals surface area contributed by atoms with Gasteiger partial charge in [0, 0.05) is 19.1 Å². The van der Waals surface area contributed by atoms with Crippen LogP contribution in [0.1, 0.15) is 6.42 Å². The van der Waals surface area contributed by atoms with Crippen molar-refractivity contribution in [1.29, 1.82) is 0 Å². The first-order valence-corrected chi connectivity index (χ1v) is 4.97. The fourth-order valence-corrected chi connectivity index (χ4v) is 1.25. The van der Waals surface area contributed by atoms with E-state index in [1.54, 1.807) is 4.68 Å². The van der Waals surface area contributed by atoms with Crippen molar-refractivity contribution in [2.45, 2.75) is 6.42 Å². The van der Waals surface area contributed by atoms with Gasteiger partial charge in [-0.1, -0.05) is 6.07 Å². The van der Waals surface area contributed by atoms with Crippen LogP contribution >= 0.6 is 0 Å². The molecule has 0 saturated carbocycles. The molecule has 0 aliphatic rings. The van der Waals surface area contributed by atoms with Gasteiger partial charge < -0.3 is 9.84 Å². The number of benzene rings is 1. The Labute approximate surface area is 92.5 Å². The molecule has 0 saturated heterocycles. The molecule has 0 aliphatic carbocycles. The highest BCUT2D eigenvalue weighted by molar-refractivity contribution is 5.37. The fourth-order valence-electron chi connectivity index (χ4n) is 1.25. The molecule has 0 fully saturated rings. The second kappa shape index (κ2) is 5.22. The lowest BCUT2D eigenvalue weighted by Crippen LogP contribution is -2.01. The monoisotopic (exact) mass is 220 g/mol. The van der Waals surface area contributed by atoms with E-state index in [9.17, 15) is 0 Å². The Kier molecular flexibility index (Phi) is 3.45. The molecule has 6 nitrogen and oxygen atoms in total. The van der Waals surface area contributed by atoms with Crippen molar-refractivity contribution in [2.24, 2.45) is 0 Å². The van der Waals surface area contributed by atoms with Crippen LogP contribution in [0, 0.1) is 0 Å². The molecule has 0 atom stereocenters. The quantitative estimate of drug-likeness (QED) is 0.739. The number of hydrogen-bond donors (Lipinski definition) is 1. The Hall–Kier alpha value is -1.95. The maximum Gasteiger partial charge on any atom is 0.143 e. The van der Waals surface area contributed by atoms with E-state index in [2.05, 4.69) is 15.5 Å². The molecule has 16 heavy (non-hydrogen) atoms. The zero-order chi connectivity index (χ0) is 11.2. The third kappa shape index (κ3) is 2.54. The van der Waals surface area contributed by atoms with Gasteiger partial charge in [0.2, 0.25) is 0 Å². The van der Waals surface area contributed by atoms with E-state index in [0.717, 1.165) is 11.4 Å². The third-order valence-corrected chi connectivity index (χ3v) is 2.00. The molecule has 0 spiro atoms. The van der Waals surface area contributed by atoms with Crippen LogP contribution in [-0.2, 0) is 0 Å². The summed E-state index contributed by atoms with van der Waals surface area (Å²) in [7, 11) is 0. The van der Waals surface area contributed by atoms with Crippen molar-refractivity contribution in [3.05, 3.63) is 30.6 Å². The predicted octanol–water partition coefficient (Wildman–Crippen LogP) is 0.423. The number of rotatable bonds is 5. The SMILES string of the molecule is OCCCOc1cccc(-n2cnnn2)c1. The molecular weight excluding hydrogens is 208 g/mol. The van der Waals surface area contributed by atoms with E-state index in [1.807, 2.05) is 24.3 Å². The summed E-state index contributed by atoms with van der Waals surface area (Å²) in [6.07, 6.45) is 2.14. The number of nitrogens with zero attached hydrogens (tertiary/aromatic N) is 4. The number of aromatic nitrogens is 4. The lowest BCUT2D eigenvalue weighted by Gasteiger charge is -2.06. The number of aliphatic hydroxyl groups excluding tert-OH is 1. The highest BCUT2D eigenvalue weighted by Crippen LogP contribution is 2.15. The maximum atomic E-state index is 8.64. The standard InChI is InChI=1S/C10H12N4O2/c15-5-2-6-16-10-4-1-3-9(7-10)14-8-11-12-13-14/h1,3-4,7-8,15H,2,5-6H2. The van der Waals surface area contributed by atoms with Crippen molar-refractivity contribution in [1.82, 2.24) is 20.2 Å². The summed E-state index contributed by atoms with van der Waals surface area (Å²) in [6, 6.07) is 7.44. The van der Waals surface area contributed by atoms with Gasteiger partial charge >= 0.3 is 0 Å². The van der Waals surface area contributed by atoms with E-state index in [4.69, 9.17) is 9.84 Å². The Morgan fingerprint density at radius 3 is 3.06 bits per heavy atom. The number of hydrogen-bond acceptors (Lipinski definition) is 5. The molecule has 1 aromatic heterocycles. The Balaban J connectivity index is 2.08. The van der Waals surface area contributed by atoms with Gasteiger partial charge in [0.25, 0.3) is 0 Å². The lowest BCUT2D eigenvalue weighted by atomic mass is 10.3. The summed E-state index contributed by atoms with van der Waals surface area (Å²) in [6.45, 7) is 0.627.